The number of nitrogens with zero attached hydrogens (tertiary/aromatic N) is 1. The number of hydrogen-bond acceptors (Lipinski definition) is 1. The van der Waals surface area contributed by atoms with Gasteiger partial charge in [-0.05, 0) is 55.8 Å². The number of allylic oxidation sites excluding steroid dienone is 2. The van der Waals surface area contributed by atoms with E-state index in [0.29, 0.717) is 0 Å². The fraction of sp³-hybridized carbons (Fsp3) is 0.857. The van der Waals surface area contributed by atoms with Crippen LogP contribution in [0.1, 0.15) is 20.3 Å². The van der Waals surface area contributed by atoms with Crippen molar-refractivity contribution in [3.05, 3.63) is 12.2 Å². The van der Waals surface area contributed by atoms with Gasteiger partial charge in [0.15, 0.2) is 0 Å². The SMILES string of the molecule is CC(C)N1CC2C3C=CC(C4CC34)C2C1. The summed E-state index contributed by atoms with van der Waals surface area (Å²) in [5.74, 6) is 6.18. The highest BCUT2D eigenvalue weighted by molar-refractivity contribution is 5.22. The van der Waals surface area contributed by atoms with Gasteiger partial charge in [-0.2, -0.15) is 0 Å². The van der Waals surface area contributed by atoms with Gasteiger partial charge < -0.3 is 4.90 Å². The van der Waals surface area contributed by atoms with Crippen LogP contribution in [0.2, 0.25) is 0 Å². The smallest absolute Gasteiger partial charge is 0.00388 e. The molecule has 1 aliphatic heterocycles. The van der Waals surface area contributed by atoms with Gasteiger partial charge in [-0.15, -0.1) is 0 Å². The predicted octanol–water partition coefficient (Wildman–Crippen LogP) is 2.39. The molecule has 15 heavy (non-hydrogen) atoms. The van der Waals surface area contributed by atoms with E-state index < -0.39 is 0 Å². The molecule has 1 heterocycles. The molecule has 6 unspecified atom stereocenters. The summed E-state index contributed by atoms with van der Waals surface area (Å²) in [7, 11) is 0. The summed E-state index contributed by atoms with van der Waals surface area (Å²) in [5.41, 5.74) is 0. The van der Waals surface area contributed by atoms with Gasteiger partial charge in [0.2, 0.25) is 0 Å². The molecular formula is C14H21N. The molecule has 5 aliphatic rings. The fourth-order valence-corrected chi connectivity index (χ4v) is 4.71. The van der Waals surface area contributed by atoms with Gasteiger partial charge in [-0.1, -0.05) is 12.2 Å². The van der Waals surface area contributed by atoms with Crippen LogP contribution in [0.4, 0.5) is 0 Å². The second-order valence-corrected chi connectivity index (χ2v) is 6.48. The average molecular weight is 203 g/mol. The van der Waals surface area contributed by atoms with Crippen LogP contribution >= 0.6 is 0 Å². The molecule has 3 fully saturated rings. The summed E-state index contributed by atoms with van der Waals surface area (Å²) in [6, 6.07) is 0.756. The molecule has 4 aliphatic carbocycles. The van der Waals surface area contributed by atoms with Crippen LogP contribution in [0.5, 0.6) is 0 Å². The van der Waals surface area contributed by atoms with Crippen molar-refractivity contribution in [1.29, 1.82) is 0 Å². The van der Waals surface area contributed by atoms with Crippen molar-refractivity contribution < 1.29 is 0 Å². The Labute approximate surface area is 92.5 Å². The number of hydrogen-bond donors (Lipinski definition) is 0. The van der Waals surface area contributed by atoms with Crippen molar-refractivity contribution in [2.75, 3.05) is 13.1 Å². The molecule has 0 spiro atoms. The summed E-state index contributed by atoms with van der Waals surface area (Å²) >= 11 is 0. The third kappa shape index (κ3) is 1.03. The lowest BCUT2D eigenvalue weighted by Crippen LogP contribution is -2.37. The van der Waals surface area contributed by atoms with E-state index in [2.05, 4.69) is 30.9 Å². The lowest BCUT2D eigenvalue weighted by molar-refractivity contribution is 0.156. The van der Waals surface area contributed by atoms with Crippen molar-refractivity contribution >= 4 is 0 Å². The zero-order valence-electron chi connectivity index (χ0n) is 9.76. The Hall–Kier alpha value is -0.300. The molecule has 82 valence electrons. The van der Waals surface area contributed by atoms with E-state index in [9.17, 15) is 0 Å². The molecule has 0 amide bonds. The third-order valence-electron chi connectivity index (χ3n) is 5.60. The van der Waals surface area contributed by atoms with Gasteiger partial charge in [-0.3, -0.25) is 0 Å². The first-order chi connectivity index (χ1) is 7.25. The molecule has 0 aromatic carbocycles. The Balaban J connectivity index is 1.64. The van der Waals surface area contributed by atoms with Crippen LogP contribution in [-0.2, 0) is 0 Å². The van der Waals surface area contributed by atoms with E-state index >= 15 is 0 Å². The normalized spacial score (nSPS) is 55.9. The second kappa shape index (κ2) is 2.68. The van der Waals surface area contributed by atoms with Gasteiger partial charge >= 0.3 is 0 Å². The van der Waals surface area contributed by atoms with Gasteiger partial charge in [0.25, 0.3) is 0 Å². The van der Waals surface area contributed by atoms with Crippen LogP contribution in [0, 0.1) is 35.5 Å². The quantitative estimate of drug-likeness (QED) is 0.591. The molecule has 2 bridgehead atoms. The molecule has 6 atom stereocenters. The highest BCUT2D eigenvalue weighted by Gasteiger charge is 2.61. The second-order valence-electron chi connectivity index (χ2n) is 6.48. The van der Waals surface area contributed by atoms with Crippen molar-refractivity contribution in [2.24, 2.45) is 35.5 Å². The molecule has 0 aromatic rings. The first-order valence-corrected chi connectivity index (χ1v) is 6.68. The monoisotopic (exact) mass is 203 g/mol. The van der Waals surface area contributed by atoms with Gasteiger partial charge in [0.1, 0.15) is 0 Å². The van der Waals surface area contributed by atoms with Gasteiger partial charge in [0.05, 0.1) is 0 Å². The van der Waals surface area contributed by atoms with Crippen molar-refractivity contribution in [3.63, 3.8) is 0 Å². The van der Waals surface area contributed by atoms with Crippen LogP contribution in [-0.4, -0.2) is 24.0 Å². The Bertz CT molecular complexity index is 293. The Kier molecular flexibility index (Phi) is 1.58. The lowest BCUT2D eigenvalue weighted by atomic mass is 9.64. The van der Waals surface area contributed by atoms with Gasteiger partial charge in [-0.25, -0.2) is 0 Å². The highest BCUT2D eigenvalue weighted by atomic mass is 15.2. The molecule has 0 N–H and O–H groups in total. The third-order valence-corrected chi connectivity index (χ3v) is 5.60. The maximum Gasteiger partial charge on any atom is 0.00388 e. The summed E-state index contributed by atoms with van der Waals surface area (Å²) in [6.07, 6.45) is 6.70. The zero-order valence-corrected chi connectivity index (χ0v) is 9.76. The van der Waals surface area contributed by atoms with Crippen molar-refractivity contribution in [3.8, 4) is 0 Å². The average Bonchev–Trinajstić information content (AvgIpc) is 2.90. The van der Waals surface area contributed by atoms with Crippen LogP contribution in [0.25, 0.3) is 0 Å². The predicted molar refractivity (Wildman–Crippen MR) is 61.4 cm³/mol. The Morgan fingerprint density at radius 3 is 1.93 bits per heavy atom. The first kappa shape index (κ1) is 8.81. The van der Waals surface area contributed by atoms with Crippen LogP contribution in [0.15, 0.2) is 12.2 Å². The topological polar surface area (TPSA) is 3.24 Å². The minimum atomic E-state index is 0.756. The summed E-state index contributed by atoms with van der Waals surface area (Å²) in [6.45, 7) is 7.48. The lowest BCUT2D eigenvalue weighted by Gasteiger charge is -2.40. The molecule has 5 rings (SSSR count). The Morgan fingerprint density at radius 1 is 0.933 bits per heavy atom. The molecule has 0 aromatic heterocycles. The first-order valence-electron chi connectivity index (χ1n) is 6.68. The summed E-state index contributed by atoms with van der Waals surface area (Å²) < 4.78 is 0. The summed E-state index contributed by atoms with van der Waals surface area (Å²) in [4.78, 5) is 2.72. The van der Waals surface area contributed by atoms with Crippen molar-refractivity contribution in [1.82, 2.24) is 4.90 Å². The molecular weight excluding hydrogens is 182 g/mol. The van der Waals surface area contributed by atoms with E-state index in [1.807, 2.05) is 0 Å². The van der Waals surface area contributed by atoms with E-state index in [0.717, 1.165) is 41.5 Å². The van der Waals surface area contributed by atoms with Crippen molar-refractivity contribution in [2.45, 2.75) is 26.3 Å². The summed E-state index contributed by atoms with van der Waals surface area (Å²) in [5, 5.41) is 0. The number of likely N-dealkylation sites (tertiary alicyclic amines) is 1. The van der Waals surface area contributed by atoms with E-state index in [4.69, 9.17) is 0 Å². The van der Waals surface area contributed by atoms with Gasteiger partial charge in [0, 0.05) is 19.1 Å². The Morgan fingerprint density at radius 2 is 1.47 bits per heavy atom. The van der Waals surface area contributed by atoms with E-state index in [-0.39, 0.29) is 0 Å². The standard InChI is InChI=1S/C14H21N/c1-8(2)15-6-13-9-3-4-10(14(13)7-15)12-5-11(9)12/h3-4,8-14H,5-7H2,1-2H3. The minimum absolute atomic E-state index is 0.756. The largest absolute Gasteiger partial charge is 0.300 e. The molecule has 1 nitrogen and oxygen atoms in total. The molecule has 0 radical (unpaired) electrons. The molecule has 1 heteroatoms. The van der Waals surface area contributed by atoms with Crippen LogP contribution < -0.4 is 0 Å². The fourth-order valence-electron chi connectivity index (χ4n) is 4.71. The highest BCUT2D eigenvalue weighted by Crippen LogP contribution is 2.64. The maximum absolute atomic E-state index is 2.72. The molecule has 2 saturated carbocycles. The zero-order chi connectivity index (χ0) is 10.2. The number of rotatable bonds is 1. The van der Waals surface area contributed by atoms with E-state index in [1.165, 1.54) is 13.1 Å². The maximum atomic E-state index is 2.72. The molecule has 1 saturated heterocycles. The van der Waals surface area contributed by atoms with E-state index in [1.54, 1.807) is 6.42 Å². The minimum Gasteiger partial charge on any atom is -0.300 e. The van der Waals surface area contributed by atoms with Crippen LogP contribution in [0.3, 0.4) is 0 Å².